The quantitative estimate of drug-likeness (QED) is 0.575. The molecule has 1 atom stereocenters. The van der Waals surface area contributed by atoms with Gasteiger partial charge in [0.05, 0.1) is 29.8 Å². The third kappa shape index (κ3) is 2.97. The average Bonchev–Trinajstić information content (AvgIpc) is 3.39. The van der Waals surface area contributed by atoms with Crippen molar-refractivity contribution in [2.75, 3.05) is 6.54 Å². The number of carbonyl (C=O) groups is 1. The molecule has 0 bridgehead atoms. The van der Waals surface area contributed by atoms with Crippen LogP contribution >= 0.6 is 0 Å². The lowest BCUT2D eigenvalue weighted by Gasteiger charge is -2.31. The summed E-state index contributed by atoms with van der Waals surface area (Å²) in [4.78, 5) is 22.9. The second-order valence-electron chi connectivity index (χ2n) is 7.29. The minimum Gasteiger partial charge on any atom is -0.347 e. The normalized spacial score (nSPS) is 16.3. The molecule has 0 radical (unpaired) electrons. The van der Waals surface area contributed by atoms with E-state index < -0.39 is 0 Å². The Morgan fingerprint density at radius 2 is 1.93 bits per heavy atom. The second-order valence-corrected chi connectivity index (χ2v) is 7.29. The van der Waals surface area contributed by atoms with Gasteiger partial charge in [0.1, 0.15) is 0 Å². The molecule has 3 heterocycles. The molecule has 6 nitrogen and oxygen atoms in total. The van der Waals surface area contributed by atoms with E-state index in [-0.39, 0.29) is 11.8 Å². The summed E-state index contributed by atoms with van der Waals surface area (Å²) < 4.78 is 0. The Labute approximate surface area is 162 Å². The van der Waals surface area contributed by atoms with E-state index in [1.165, 1.54) is 5.56 Å². The molecule has 2 N–H and O–H groups in total. The molecule has 28 heavy (non-hydrogen) atoms. The van der Waals surface area contributed by atoms with E-state index in [0.717, 1.165) is 35.1 Å². The van der Waals surface area contributed by atoms with Gasteiger partial charge in [-0.2, -0.15) is 5.10 Å². The van der Waals surface area contributed by atoms with E-state index in [9.17, 15) is 4.79 Å². The van der Waals surface area contributed by atoms with Crippen LogP contribution in [0.5, 0.6) is 0 Å². The van der Waals surface area contributed by atoms with Gasteiger partial charge in [0, 0.05) is 17.8 Å². The summed E-state index contributed by atoms with van der Waals surface area (Å²) in [7, 11) is 0. The number of H-pyrrole nitrogens is 2. The van der Waals surface area contributed by atoms with Crippen molar-refractivity contribution in [1.82, 2.24) is 25.1 Å². The fourth-order valence-corrected chi connectivity index (χ4v) is 4.06. The zero-order chi connectivity index (χ0) is 18.9. The van der Waals surface area contributed by atoms with Crippen molar-refractivity contribution in [3.05, 3.63) is 83.6 Å². The van der Waals surface area contributed by atoms with Gasteiger partial charge in [-0.3, -0.25) is 9.89 Å². The van der Waals surface area contributed by atoms with Crippen molar-refractivity contribution in [1.29, 1.82) is 0 Å². The van der Waals surface area contributed by atoms with E-state index in [0.29, 0.717) is 18.8 Å². The van der Waals surface area contributed by atoms with Crippen LogP contribution in [-0.4, -0.2) is 37.5 Å². The van der Waals surface area contributed by atoms with Crippen LogP contribution in [0.4, 0.5) is 0 Å². The van der Waals surface area contributed by atoms with E-state index in [2.05, 4.69) is 44.4 Å². The third-order valence-corrected chi connectivity index (χ3v) is 5.51. The number of carbonyl (C=O) groups excluding carboxylic acids is 1. The molecule has 4 aromatic rings. The van der Waals surface area contributed by atoms with Gasteiger partial charge >= 0.3 is 0 Å². The Hall–Kier alpha value is -3.41. The number of hydrogen-bond acceptors (Lipinski definition) is 3. The maximum atomic E-state index is 13.2. The Morgan fingerprint density at radius 1 is 1.11 bits per heavy atom. The van der Waals surface area contributed by atoms with Crippen LogP contribution in [-0.2, 0) is 13.0 Å². The van der Waals surface area contributed by atoms with Gasteiger partial charge in [-0.15, -0.1) is 0 Å². The summed E-state index contributed by atoms with van der Waals surface area (Å²) in [5, 5.41) is 8.12. The number of nitrogens with one attached hydrogen (secondary N) is 2. The number of para-hydroxylation sites is 1. The van der Waals surface area contributed by atoms with Crippen molar-refractivity contribution in [2.24, 2.45) is 0 Å². The zero-order valence-corrected chi connectivity index (χ0v) is 15.4. The molecule has 0 saturated carbocycles. The smallest absolute Gasteiger partial charge is 0.275 e. The van der Waals surface area contributed by atoms with Gasteiger partial charge in [-0.05, 0) is 24.5 Å². The third-order valence-electron chi connectivity index (χ3n) is 5.51. The van der Waals surface area contributed by atoms with Gasteiger partial charge in [-0.25, -0.2) is 4.98 Å². The number of hydrogen-bond donors (Lipinski definition) is 2. The van der Waals surface area contributed by atoms with Crippen LogP contribution < -0.4 is 0 Å². The summed E-state index contributed by atoms with van der Waals surface area (Å²) in [6, 6.07) is 18.2. The summed E-state index contributed by atoms with van der Waals surface area (Å²) in [6.45, 7) is 1.20. The van der Waals surface area contributed by atoms with Crippen LogP contribution in [0.1, 0.15) is 39.8 Å². The van der Waals surface area contributed by atoms with Gasteiger partial charge in [0.15, 0.2) is 5.69 Å². The van der Waals surface area contributed by atoms with Crippen LogP contribution in [0.25, 0.3) is 10.9 Å². The van der Waals surface area contributed by atoms with Crippen molar-refractivity contribution in [3.63, 3.8) is 0 Å². The fourth-order valence-electron chi connectivity index (χ4n) is 4.06. The van der Waals surface area contributed by atoms with Crippen LogP contribution in [0.2, 0.25) is 0 Å². The van der Waals surface area contributed by atoms with E-state index in [1.54, 1.807) is 6.33 Å². The van der Waals surface area contributed by atoms with Gasteiger partial charge in [0.25, 0.3) is 5.91 Å². The first kappa shape index (κ1) is 16.7. The van der Waals surface area contributed by atoms with Crippen molar-refractivity contribution >= 4 is 16.8 Å². The summed E-state index contributed by atoms with van der Waals surface area (Å²) in [5.74, 6) is 0.173. The first-order valence-electron chi connectivity index (χ1n) is 9.58. The Kier molecular flexibility index (Phi) is 4.16. The highest BCUT2D eigenvalue weighted by atomic mass is 16.2. The molecular formula is C22H21N5O. The first-order chi connectivity index (χ1) is 13.8. The summed E-state index contributed by atoms with van der Waals surface area (Å²) in [6.07, 6.45) is 3.65. The van der Waals surface area contributed by atoms with Crippen LogP contribution in [0.15, 0.2) is 60.9 Å². The molecule has 0 aliphatic carbocycles. The van der Waals surface area contributed by atoms with Crippen molar-refractivity contribution in [2.45, 2.75) is 25.3 Å². The lowest BCUT2D eigenvalue weighted by Crippen LogP contribution is -2.38. The zero-order valence-electron chi connectivity index (χ0n) is 15.4. The number of amides is 1. The lowest BCUT2D eigenvalue weighted by molar-refractivity contribution is 0.0707. The molecule has 5 rings (SSSR count). The van der Waals surface area contributed by atoms with E-state index in [4.69, 9.17) is 0 Å². The highest BCUT2D eigenvalue weighted by molar-refractivity contribution is 6.04. The summed E-state index contributed by atoms with van der Waals surface area (Å²) >= 11 is 0. The molecular weight excluding hydrogens is 350 g/mol. The lowest BCUT2D eigenvalue weighted by atomic mass is 9.91. The highest BCUT2D eigenvalue weighted by Crippen LogP contribution is 2.31. The molecule has 1 unspecified atom stereocenters. The standard InChI is InChI=1S/C22H21N5O/c28-22(21-17-8-4-5-9-18(17)25-26-21)27-12-16(20-19(13-27)23-14-24-20)11-10-15-6-2-1-3-7-15/h1-9,14,16H,10-13H2,(H,23,24)(H,25,26). The van der Waals surface area contributed by atoms with Gasteiger partial charge in [-0.1, -0.05) is 48.5 Å². The maximum Gasteiger partial charge on any atom is 0.275 e. The number of benzene rings is 2. The van der Waals surface area contributed by atoms with Crippen LogP contribution in [0, 0.1) is 0 Å². The molecule has 1 amide bonds. The number of aromatic nitrogens is 4. The van der Waals surface area contributed by atoms with Crippen LogP contribution in [0.3, 0.4) is 0 Å². The largest absolute Gasteiger partial charge is 0.347 e. The topological polar surface area (TPSA) is 77.7 Å². The Bertz CT molecular complexity index is 1110. The van der Waals surface area contributed by atoms with E-state index >= 15 is 0 Å². The molecule has 6 heteroatoms. The Balaban J connectivity index is 1.40. The molecule has 2 aromatic carbocycles. The molecule has 1 aliphatic heterocycles. The predicted molar refractivity (Wildman–Crippen MR) is 107 cm³/mol. The Morgan fingerprint density at radius 3 is 2.82 bits per heavy atom. The number of aryl methyl sites for hydroxylation is 1. The molecule has 1 aliphatic rings. The number of fused-ring (bicyclic) bond motifs is 2. The number of rotatable bonds is 4. The highest BCUT2D eigenvalue weighted by Gasteiger charge is 2.32. The maximum absolute atomic E-state index is 13.2. The predicted octanol–water partition coefficient (Wildman–Crippen LogP) is 3.66. The molecule has 0 fully saturated rings. The second kappa shape index (κ2) is 6.96. The monoisotopic (exact) mass is 371 g/mol. The molecule has 0 spiro atoms. The number of imidazole rings is 1. The molecule has 0 saturated heterocycles. The minimum absolute atomic E-state index is 0.0394. The fraction of sp³-hybridized carbons (Fsp3) is 0.227. The SMILES string of the molecule is O=C(c1n[nH]c2ccccc12)N1Cc2[nH]cnc2C(CCc2ccccc2)C1. The number of nitrogens with zero attached hydrogens (tertiary/aromatic N) is 3. The average molecular weight is 371 g/mol. The first-order valence-corrected chi connectivity index (χ1v) is 9.58. The molecule has 2 aromatic heterocycles. The van der Waals surface area contributed by atoms with Crippen molar-refractivity contribution in [3.8, 4) is 0 Å². The van der Waals surface area contributed by atoms with Crippen molar-refractivity contribution < 1.29 is 4.79 Å². The van der Waals surface area contributed by atoms with E-state index in [1.807, 2.05) is 35.2 Å². The van der Waals surface area contributed by atoms with Gasteiger partial charge < -0.3 is 9.88 Å². The molecule has 140 valence electrons. The minimum atomic E-state index is -0.0394. The van der Waals surface area contributed by atoms with Gasteiger partial charge in [0.2, 0.25) is 0 Å². The summed E-state index contributed by atoms with van der Waals surface area (Å²) in [5.41, 5.74) is 4.79. The number of aromatic amines is 2.